The van der Waals surface area contributed by atoms with Gasteiger partial charge < -0.3 is 5.32 Å². The lowest BCUT2D eigenvalue weighted by atomic mass is 10.0. The normalized spacial score (nSPS) is 10.6. The predicted molar refractivity (Wildman–Crippen MR) is 82.9 cm³/mol. The minimum Gasteiger partial charge on any atom is -0.348 e. The number of aryl methyl sites for hydroxylation is 1. The Bertz CT molecular complexity index is 567. The van der Waals surface area contributed by atoms with Crippen molar-refractivity contribution in [3.8, 4) is 0 Å². The number of hydrogen-bond donors (Lipinski definition) is 1. The molecule has 2 aromatic rings. The molecule has 2 nitrogen and oxygen atoms in total. The van der Waals surface area contributed by atoms with E-state index in [-0.39, 0.29) is 5.91 Å². The first-order valence-corrected chi connectivity index (χ1v) is 7.00. The van der Waals surface area contributed by atoms with E-state index in [1.807, 2.05) is 36.4 Å². The monoisotopic (exact) mass is 267 g/mol. The number of amides is 1. The van der Waals surface area contributed by atoms with Crippen LogP contribution in [0.1, 0.15) is 46.8 Å². The minimum atomic E-state index is -0.0270. The standard InChI is InChI=1S/C18H21NO/c1-13(2)16-8-10-17(11-9-16)18(20)19-12-15-6-4-14(3)5-7-15/h4-11,13H,12H2,1-3H3,(H,19,20). The van der Waals surface area contributed by atoms with Crippen LogP contribution in [0, 0.1) is 6.92 Å². The highest BCUT2D eigenvalue weighted by Gasteiger charge is 2.06. The molecule has 1 amide bonds. The van der Waals surface area contributed by atoms with Crippen molar-refractivity contribution in [2.24, 2.45) is 0 Å². The molecule has 20 heavy (non-hydrogen) atoms. The number of rotatable bonds is 4. The van der Waals surface area contributed by atoms with Crippen LogP contribution < -0.4 is 5.32 Å². The number of benzene rings is 2. The Balaban J connectivity index is 1.96. The molecule has 2 heteroatoms. The largest absolute Gasteiger partial charge is 0.348 e. The third-order valence-corrected chi connectivity index (χ3v) is 3.41. The fraction of sp³-hybridized carbons (Fsp3) is 0.278. The Morgan fingerprint density at radius 2 is 1.60 bits per heavy atom. The van der Waals surface area contributed by atoms with E-state index in [2.05, 4.69) is 38.2 Å². The number of nitrogens with one attached hydrogen (secondary N) is 1. The van der Waals surface area contributed by atoms with Gasteiger partial charge >= 0.3 is 0 Å². The summed E-state index contributed by atoms with van der Waals surface area (Å²) in [5.74, 6) is 0.459. The molecular formula is C18H21NO. The fourth-order valence-corrected chi connectivity index (χ4v) is 2.01. The first-order chi connectivity index (χ1) is 9.56. The second-order valence-corrected chi connectivity index (χ2v) is 5.44. The highest BCUT2D eigenvalue weighted by molar-refractivity contribution is 5.94. The SMILES string of the molecule is Cc1ccc(CNC(=O)c2ccc(C(C)C)cc2)cc1. The van der Waals surface area contributed by atoms with Gasteiger partial charge in [-0.25, -0.2) is 0 Å². The van der Waals surface area contributed by atoms with Crippen molar-refractivity contribution in [1.82, 2.24) is 5.32 Å². The van der Waals surface area contributed by atoms with E-state index in [0.29, 0.717) is 18.0 Å². The maximum Gasteiger partial charge on any atom is 0.251 e. The van der Waals surface area contributed by atoms with Crippen molar-refractivity contribution < 1.29 is 4.79 Å². The van der Waals surface area contributed by atoms with Gasteiger partial charge in [0.15, 0.2) is 0 Å². The second kappa shape index (κ2) is 6.38. The maximum absolute atomic E-state index is 12.1. The lowest BCUT2D eigenvalue weighted by molar-refractivity contribution is 0.0951. The van der Waals surface area contributed by atoms with Crippen LogP contribution in [0.15, 0.2) is 48.5 Å². The van der Waals surface area contributed by atoms with Gasteiger partial charge in [0.25, 0.3) is 5.91 Å². The van der Waals surface area contributed by atoms with Gasteiger partial charge in [0.2, 0.25) is 0 Å². The Hall–Kier alpha value is -2.09. The molecule has 0 heterocycles. The molecule has 0 saturated heterocycles. The minimum absolute atomic E-state index is 0.0270. The smallest absolute Gasteiger partial charge is 0.251 e. The zero-order chi connectivity index (χ0) is 14.5. The first-order valence-electron chi connectivity index (χ1n) is 7.00. The van der Waals surface area contributed by atoms with Crippen molar-refractivity contribution in [3.63, 3.8) is 0 Å². The molecule has 0 unspecified atom stereocenters. The third kappa shape index (κ3) is 3.70. The van der Waals surface area contributed by atoms with Crippen LogP contribution in [0.25, 0.3) is 0 Å². The second-order valence-electron chi connectivity index (χ2n) is 5.44. The van der Waals surface area contributed by atoms with Gasteiger partial charge in [-0.05, 0) is 36.1 Å². The third-order valence-electron chi connectivity index (χ3n) is 3.41. The van der Waals surface area contributed by atoms with Crippen molar-refractivity contribution in [2.75, 3.05) is 0 Å². The average Bonchev–Trinajstić information content (AvgIpc) is 2.46. The van der Waals surface area contributed by atoms with E-state index >= 15 is 0 Å². The summed E-state index contributed by atoms with van der Waals surface area (Å²) >= 11 is 0. The summed E-state index contributed by atoms with van der Waals surface area (Å²) in [6, 6.07) is 16.0. The van der Waals surface area contributed by atoms with Crippen LogP contribution >= 0.6 is 0 Å². The van der Waals surface area contributed by atoms with E-state index in [1.165, 1.54) is 11.1 Å². The quantitative estimate of drug-likeness (QED) is 0.889. The molecule has 2 aromatic carbocycles. The van der Waals surface area contributed by atoms with Gasteiger partial charge in [-0.1, -0.05) is 55.8 Å². The van der Waals surface area contributed by atoms with Crippen molar-refractivity contribution in [3.05, 3.63) is 70.8 Å². The van der Waals surface area contributed by atoms with Crippen molar-refractivity contribution in [1.29, 1.82) is 0 Å². The highest BCUT2D eigenvalue weighted by Crippen LogP contribution is 2.14. The molecule has 0 aliphatic heterocycles. The van der Waals surface area contributed by atoms with Crippen LogP contribution in [0.5, 0.6) is 0 Å². The summed E-state index contributed by atoms with van der Waals surface area (Å²) in [7, 11) is 0. The van der Waals surface area contributed by atoms with Crippen LogP contribution in [-0.2, 0) is 6.54 Å². The number of hydrogen-bond acceptors (Lipinski definition) is 1. The van der Waals surface area contributed by atoms with Crippen molar-refractivity contribution in [2.45, 2.75) is 33.2 Å². The summed E-state index contributed by atoms with van der Waals surface area (Å²) in [4.78, 5) is 12.1. The van der Waals surface area contributed by atoms with Gasteiger partial charge in [0, 0.05) is 12.1 Å². The van der Waals surface area contributed by atoms with Crippen molar-refractivity contribution >= 4 is 5.91 Å². The van der Waals surface area contributed by atoms with Crippen LogP contribution in [-0.4, -0.2) is 5.91 Å². The van der Waals surface area contributed by atoms with Gasteiger partial charge in [-0.2, -0.15) is 0 Å². The van der Waals surface area contributed by atoms with E-state index in [9.17, 15) is 4.79 Å². The van der Waals surface area contributed by atoms with E-state index in [1.54, 1.807) is 0 Å². The first kappa shape index (κ1) is 14.3. The fourth-order valence-electron chi connectivity index (χ4n) is 2.01. The van der Waals surface area contributed by atoms with Crippen LogP contribution in [0.2, 0.25) is 0 Å². The summed E-state index contributed by atoms with van der Waals surface area (Å²) in [6.07, 6.45) is 0. The van der Waals surface area contributed by atoms with Gasteiger partial charge in [-0.3, -0.25) is 4.79 Å². The summed E-state index contributed by atoms with van der Waals surface area (Å²) in [6.45, 7) is 6.91. The molecule has 0 atom stereocenters. The molecule has 0 fully saturated rings. The Morgan fingerprint density at radius 3 is 2.15 bits per heavy atom. The predicted octanol–water partition coefficient (Wildman–Crippen LogP) is 4.05. The molecule has 0 aliphatic carbocycles. The van der Waals surface area contributed by atoms with E-state index < -0.39 is 0 Å². The summed E-state index contributed by atoms with van der Waals surface area (Å²) < 4.78 is 0. The van der Waals surface area contributed by atoms with E-state index in [4.69, 9.17) is 0 Å². The molecule has 0 aliphatic rings. The Morgan fingerprint density at radius 1 is 1.00 bits per heavy atom. The molecule has 0 saturated carbocycles. The molecule has 104 valence electrons. The molecule has 2 rings (SSSR count). The summed E-state index contributed by atoms with van der Waals surface area (Å²) in [5.41, 5.74) is 4.30. The molecular weight excluding hydrogens is 246 g/mol. The summed E-state index contributed by atoms with van der Waals surface area (Å²) in [5, 5.41) is 2.94. The van der Waals surface area contributed by atoms with Gasteiger partial charge in [0.1, 0.15) is 0 Å². The number of carbonyl (C=O) groups is 1. The lowest BCUT2D eigenvalue weighted by Crippen LogP contribution is -2.22. The van der Waals surface area contributed by atoms with Gasteiger partial charge in [-0.15, -0.1) is 0 Å². The molecule has 0 aromatic heterocycles. The molecule has 0 radical (unpaired) electrons. The molecule has 0 bridgehead atoms. The Kier molecular flexibility index (Phi) is 4.57. The van der Waals surface area contributed by atoms with Gasteiger partial charge in [0.05, 0.1) is 0 Å². The topological polar surface area (TPSA) is 29.1 Å². The lowest BCUT2D eigenvalue weighted by Gasteiger charge is -2.08. The maximum atomic E-state index is 12.1. The Labute approximate surface area is 120 Å². The molecule has 0 spiro atoms. The molecule has 1 N–H and O–H groups in total. The highest BCUT2D eigenvalue weighted by atomic mass is 16.1. The average molecular weight is 267 g/mol. The van der Waals surface area contributed by atoms with Crippen LogP contribution in [0.3, 0.4) is 0 Å². The van der Waals surface area contributed by atoms with E-state index in [0.717, 1.165) is 5.56 Å². The zero-order valence-electron chi connectivity index (χ0n) is 12.3. The zero-order valence-corrected chi connectivity index (χ0v) is 12.3. The number of carbonyl (C=O) groups excluding carboxylic acids is 1. The van der Waals surface area contributed by atoms with Crippen LogP contribution in [0.4, 0.5) is 0 Å².